The molecule has 0 radical (unpaired) electrons. The Balaban J connectivity index is 1.83. The van der Waals surface area contributed by atoms with Crippen molar-refractivity contribution >= 4 is 34.3 Å². The third-order valence-corrected chi connectivity index (χ3v) is 4.96. The fourth-order valence-corrected chi connectivity index (χ4v) is 3.50. The van der Waals surface area contributed by atoms with Crippen molar-refractivity contribution in [3.63, 3.8) is 0 Å². The Morgan fingerprint density at radius 3 is 2.28 bits per heavy atom. The quantitative estimate of drug-likeness (QED) is 0.401. The smallest absolute Gasteiger partial charge is 0.161 e. The van der Waals surface area contributed by atoms with Crippen LogP contribution in [0.4, 0.5) is 4.39 Å². The van der Waals surface area contributed by atoms with Crippen LogP contribution in [0.5, 0.6) is 0 Å². The number of benzene rings is 3. The number of rotatable bonds is 3. The average Bonchev–Trinajstić information content (AvgIpc) is 2.64. The lowest BCUT2D eigenvalue weighted by Gasteiger charge is -2.09. The average molecular weight is 367 g/mol. The van der Waals surface area contributed by atoms with Crippen molar-refractivity contribution in [2.24, 2.45) is 0 Å². The minimum absolute atomic E-state index is 0.251. The van der Waals surface area contributed by atoms with Gasteiger partial charge in [-0.1, -0.05) is 41.6 Å². The maximum atomic E-state index is 13.2. The molecule has 2 nitrogen and oxygen atoms in total. The highest BCUT2D eigenvalue weighted by molar-refractivity contribution is 7.99. The Hall–Kier alpha value is -2.43. The van der Waals surface area contributed by atoms with E-state index in [1.807, 2.05) is 48.5 Å². The molecule has 0 aliphatic rings. The number of para-hydroxylation sites is 1. The fourth-order valence-electron chi connectivity index (χ4n) is 2.47. The summed E-state index contributed by atoms with van der Waals surface area (Å²) in [7, 11) is 0. The summed E-state index contributed by atoms with van der Waals surface area (Å²) >= 11 is 7.46. The molecule has 0 atom stereocenters. The SMILES string of the molecule is Fc1ccc(Sc2nc(-c3ccc(Cl)cc3)nc3ccccc23)cc1. The molecule has 0 aliphatic heterocycles. The van der Waals surface area contributed by atoms with Crippen LogP contribution in [0.3, 0.4) is 0 Å². The minimum atomic E-state index is -0.251. The van der Waals surface area contributed by atoms with E-state index in [-0.39, 0.29) is 5.82 Å². The zero-order chi connectivity index (χ0) is 17.2. The zero-order valence-corrected chi connectivity index (χ0v) is 14.6. The molecular weight excluding hydrogens is 355 g/mol. The molecule has 4 aromatic rings. The Morgan fingerprint density at radius 1 is 0.800 bits per heavy atom. The van der Waals surface area contributed by atoms with Gasteiger partial charge in [-0.2, -0.15) is 0 Å². The van der Waals surface area contributed by atoms with Gasteiger partial charge >= 0.3 is 0 Å². The molecule has 0 unspecified atom stereocenters. The summed E-state index contributed by atoms with van der Waals surface area (Å²) in [5.41, 5.74) is 1.77. The predicted molar refractivity (Wildman–Crippen MR) is 101 cm³/mol. The van der Waals surface area contributed by atoms with Gasteiger partial charge in [0.05, 0.1) is 5.52 Å². The number of halogens is 2. The van der Waals surface area contributed by atoms with Crippen LogP contribution in [0.2, 0.25) is 5.02 Å². The Morgan fingerprint density at radius 2 is 1.52 bits per heavy atom. The monoisotopic (exact) mass is 366 g/mol. The van der Waals surface area contributed by atoms with E-state index < -0.39 is 0 Å². The van der Waals surface area contributed by atoms with Crippen molar-refractivity contribution in [1.29, 1.82) is 0 Å². The van der Waals surface area contributed by atoms with Gasteiger partial charge in [0.1, 0.15) is 10.8 Å². The van der Waals surface area contributed by atoms with E-state index in [1.165, 1.54) is 23.9 Å². The second-order valence-electron chi connectivity index (χ2n) is 5.43. The maximum Gasteiger partial charge on any atom is 0.161 e. The summed E-state index contributed by atoms with van der Waals surface area (Å²) in [6.07, 6.45) is 0. The third kappa shape index (κ3) is 3.50. The van der Waals surface area contributed by atoms with Crippen LogP contribution >= 0.6 is 23.4 Å². The van der Waals surface area contributed by atoms with E-state index in [0.717, 1.165) is 26.4 Å². The van der Waals surface area contributed by atoms with Crippen molar-refractivity contribution < 1.29 is 4.39 Å². The lowest BCUT2D eigenvalue weighted by molar-refractivity contribution is 0.626. The number of fused-ring (bicyclic) bond motifs is 1. The topological polar surface area (TPSA) is 25.8 Å². The molecule has 3 aromatic carbocycles. The standard InChI is InChI=1S/C20H12ClFN2S/c21-14-7-5-13(6-8-14)19-23-18-4-2-1-3-17(18)20(24-19)25-16-11-9-15(22)10-12-16/h1-12H. The lowest BCUT2D eigenvalue weighted by Crippen LogP contribution is -1.93. The van der Waals surface area contributed by atoms with Crippen LogP contribution in [-0.2, 0) is 0 Å². The first kappa shape index (κ1) is 16.1. The third-order valence-electron chi connectivity index (χ3n) is 3.70. The second kappa shape index (κ2) is 6.82. The van der Waals surface area contributed by atoms with Gasteiger partial charge < -0.3 is 0 Å². The van der Waals surface area contributed by atoms with Crippen LogP contribution in [0.1, 0.15) is 0 Å². The summed E-state index contributed by atoms with van der Waals surface area (Å²) in [5, 5.41) is 2.47. The fraction of sp³-hybridized carbons (Fsp3) is 0. The number of hydrogen-bond acceptors (Lipinski definition) is 3. The highest BCUT2D eigenvalue weighted by atomic mass is 35.5. The van der Waals surface area contributed by atoms with Gasteiger partial charge in [-0.05, 0) is 54.6 Å². The molecular formula is C20H12ClFN2S. The van der Waals surface area contributed by atoms with Crippen LogP contribution in [0.25, 0.3) is 22.3 Å². The van der Waals surface area contributed by atoms with Crippen LogP contribution in [-0.4, -0.2) is 9.97 Å². The molecule has 1 heterocycles. The highest BCUT2D eigenvalue weighted by Crippen LogP contribution is 2.33. The van der Waals surface area contributed by atoms with Crippen LogP contribution in [0, 0.1) is 5.82 Å². The first-order valence-electron chi connectivity index (χ1n) is 7.65. The van der Waals surface area contributed by atoms with Crippen molar-refractivity contribution in [3.8, 4) is 11.4 Å². The van der Waals surface area contributed by atoms with Gasteiger partial charge in [0.15, 0.2) is 5.82 Å². The molecule has 5 heteroatoms. The van der Waals surface area contributed by atoms with E-state index in [0.29, 0.717) is 10.8 Å². The summed E-state index contributed by atoms with van der Waals surface area (Å²) in [6.45, 7) is 0. The van der Waals surface area contributed by atoms with E-state index in [9.17, 15) is 4.39 Å². The highest BCUT2D eigenvalue weighted by Gasteiger charge is 2.11. The van der Waals surface area contributed by atoms with E-state index >= 15 is 0 Å². The zero-order valence-electron chi connectivity index (χ0n) is 13.0. The van der Waals surface area contributed by atoms with Crippen molar-refractivity contribution in [2.75, 3.05) is 0 Å². The predicted octanol–water partition coefficient (Wildman–Crippen LogP) is 6.24. The van der Waals surface area contributed by atoms with Crippen LogP contribution in [0.15, 0.2) is 82.7 Å². The molecule has 0 fully saturated rings. The summed E-state index contributed by atoms with van der Waals surface area (Å²) in [4.78, 5) is 10.3. The Bertz CT molecular complexity index is 1030. The first-order chi connectivity index (χ1) is 12.2. The van der Waals surface area contributed by atoms with E-state index in [2.05, 4.69) is 4.98 Å². The number of nitrogens with zero attached hydrogens (tertiary/aromatic N) is 2. The van der Waals surface area contributed by atoms with Crippen molar-refractivity contribution in [2.45, 2.75) is 9.92 Å². The normalized spacial score (nSPS) is 11.0. The molecule has 1 aromatic heterocycles. The number of aromatic nitrogens is 2. The maximum absolute atomic E-state index is 13.2. The molecule has 0 amide bonds. The van der Waals surface area contributed by atoms with Gasteiger partial charge in [-0.15, -0.1) is 0 Å². The molecule has 0 N–H and O–H groups in total. The molecule has 4 rings (SSSR count). The second-order valence-corrected chi connectivity index (χ2v) is 6.93. The van der Waals surface area contributed by atoms with Gasteiger partial charge in [0, 0.05) is 20.9 Å². The lowest BCUT2D eigenvalue weighted by atomic mass is 10.2. The van der Waals surface area contributed by atoms with Gasteiger partial charge in [0.25, 0.3) is 0 Å². The molecule has 25 heavy (non-hydrogen) atoms. The molecule has 122 valence electrons. The molecule has 0 aliphatic carbocycles. The molecule has 0 spiro atoms. The first-order valence-corrected chi connectivity index (χ1v) is 8.85. The minimum Gasteiger partial charge on any atom is -0.228 e. The summed E-state index contributed by atoms with van der Waals surface area (Å²) < 4.78 is 13.2. The Kier molecular flexibility index (Phi) is 4.38. The van der Waals surface area contributed by atoms with Gasteiger partial charge in [0.2, 0.25) is 0 Å². The summed E-state index contributed by atoms with van der Waals surface area (Å²) in [5.74, 6) is 0.388. The summed E-state index contributed by atoms with van der Waals surface area (Å²) in [6, 6.07) is 21.7. The van der Waals surface area contributed by atoms with Crippen molar-refractivity contribution in [1.82, 2.24) is 9.97 Å². The molecule has 0 bridgehead atoms. The van der Waals surface area contributed by atoms with Crippen LogP contribution < -0.4 is 0 Å². The largest absolute Gasteiger partial charge is 0.228 e. The molecule has 0 saturated carbocycles. The van der Waals surface area contributed by atoms with Gasteiger partial charge in [-0.3, -0.25) is 0 Å². The van der Waals surface area contributed by atoms with E-state index in [1.54, 1.807) is 12.1 Å². The van der Waals surface area contributed by atoms with Gasteiger partial charge in [-0.25, -0.2) is 14.4 Å². The number of hydrogen-bond donors (Lipinski definition) is 0. The van der Waals surface area contributed by atoms with Crippen molar-refractivity contribution in [3.05, 3.63) is 83.6 Å². The Labute approximate surface area is 153 Å². The van der Waals surface area contributed by atoms with E-state index in [4.69, 9.17) is 16.6 Å². The molecule has 0 saturated heterocycles.